The lowest BCUT2D eigenvalue weighted by atomic mass is 10.5. The second-order valence-corrected chi connectivity index (χ2v) is 4.50. The van der Waals surface area contributed by atoms with Gasteiger partial charge in [0.25, 0.3) is 0 Å². The smallest absolute Gasteiger partial charge is 0.215 e. The predicted octanol–water partition coefficient (Wildman–Crippen LogP) is 1.27. The Morgan fingerprint density at radius 2 is 1.85 bits per heavy atom. The number of alkyl halides is 3. The number of sulfonamides is 1. The summed E-state index contributed by atoms with van der Waals surface area (Å²) in [5.74, 6) is -0.892. The van der Waals surface area contributed by atoms with Gasteiger partial charge in [0.05, 0.1) is 12.2 Å². The third-order valence-electron chi connectivity index (χ3n) is 1.23. The second kappa shape index (κ2) is 4.80. The SMILES string of the molecule is CCCNS(=O)(=O)CCC(F)(F)F. The zero-order valence-electron chi connectivity index (χ0n) is 7.19. The lowest BCUT2D eigenvalue weighted by Crippen LogP contribution is -2.29. The molecular weight excluding hydrogens is 207 g/mol. The van der Waals surface area contributed by atoms with Crippen molar-refractivity contribution < 1.29 is 21.6 Å². The molecule has 0 rings (SSSR count). The molecule has 0 fully saturated rings. The van der Waals surface area contributed by atoms with Crippen molar-refractivity contribution in [2.75, 3.05) is 12.3 Å². The van der Waals surface area contributed by atoms with E-state index >= 15 is 0 Å². The number of halogens is 3. The van der Waals surface area contributed by atoms with Gasteiger partial charge in [-0.15, -0.1) is 0 Å². The fourth-order valence-corrected chi connectivity index (χ4v) is 1.74. The number of hydrogen-bond donors (Lipinski definition) is 1. The molecule has 0 amide bonds. The van der Waals surface area contributed by atoms with Gasteiger partial charge in [0.2, 0.25) is 10.0 Å². The predicted molar refractivity (Wildman–Crippen MR) is 42.8 cm³/mol. The van der Waals surface area contributed by atoms with Gasteiger partial charge >= 0.3 is 6.18 Å². The van der Waals surface area contributed by atoms with Crippen molar-refractivity contribution >= 4 is 10.0 Å². The Bertz CT molecular complexity index is 235. The Hall–Kier alpha value is -0.300. The van der Waals surface area contributed by atoms with E-state index in [4.69, 9.17) is 0 Å². The lowest BCUT2D eigenvalue weighted by Gasteiger charge is -2.07. The summed E-state index contributed by atoms with van der Waals surface area (Å²) < 4.78 is 58.6. The third kappa shape index (κ3) is 8.04. The molecule has 0 aliphatic rings. The van der Waals surface area contributed by atoms with Crippen molar-refractivity contribution in [2.45, 2.75) is 25.9 Å². The average molecular weight is 219 g/mol. The molecule has 0 atom stereocenters. The Balaban J connectivity index is 3.91. The molecule has 0 aliphatic carbocycles. The maximum absolute atomic E-state index is 11.6. The van der Waals surface area contributed by atoms with Crippen LogP contribution in [0.3, 0.4) is 0 Å². The summed E-state index contributed by atoms with van der Waals surface area (Å²) >= 11 is 0. The lowest BCUT2D eigenvalue weighted by molar-refractivity contribution is -0.129. The van der Waals surface area contributed by atoms with Crippen molar-refractivity contribution in [3.05, 3.63) is 0 Å². The van der Waals surface area contributed by atoms with E-state index in [2.05, 4.69) is 4.72 Å². The molecule has 0 aliphatic heterocycles. The first-order valence-electron chi connectivity index (χ1n) is 3.81. The molecule has 13 heavy (non-hydrogen) atoms. The maximum atomic E-state index is 11.6. The van der Waals surface area contributed by atoms with E-state index in [1.165, 1.54) is 0 Å². The van der Waals surface area contributed by atoms with Crippen LogP contribution >= 0.6 is 0 Å². The third-order valence-corrected chi connectivity index (χ3v) is 2.61. The summed E-state index contributed by atoms with van der Waals surface area (Å²) in [6.45, 7) is 1.91. The molecule has 0 saturated heterocycles. The molecule has 3 nitrogen and oxygen atoms in total. The number of nitrogens with one attached hydrogen (secondary N) is 1. The van der Waals surface area contributed by atoms with Crippen LogP contribution in [0.15, 0.2) is 0 Å². The van der Waals surface area contributed by atoms with Gasteiger partial charge in [-0.05, 0) is 6.42 Å². The van der Waals surface area contributed by atoms with Crippen LogP contribution in [0.25, 0.3) is 0 Å². The fraction of sp³-hybridized carbons (Fsp3) is 1.00. The van der Waals surface area contributed by atoms with Crippen LogP contribution in [0.1, 0.15) is 19.8 Å². The monoisotopic (exact) mass is 219 g/mol. The van der Waals surface area contributed by atoms with Crippen molar-refractivity contribution in [2.24, 2.45) is 0 Å². The zero-order chi connectivity index (χ0) is 10.5. The topological polar surface area (TPSA) is 46.2 Å². The molecular formula is C6H12F3NO2S. The second-order valence-electron chi connectivity index (χ2n) is 2.58. The molecule has 0 bridgehead atoms. The van der Waals surface area contributed by atoms with E-state index in [1.54, 1.807) is 6.92 Å². The quantitative estimate of drug-likeness (QED) is 0.756. The van der Waals surface area contributed by atoms with Gasteiger partial charge < -0.3 is 0 Å². The highest BCUT2D eigenvalue weighted by Gasteiger charge is 2.29. The molecule has 1 N–H and O–H groups in total. The number of hydrogen-bond acceptors (Lipinski definition) is 2. The van der Waals surface area contributed by atoms with Crippen LogP contribution in [0.5, 0.6) is 0 Å². The molecule has 0 aromatic carbocycles. The summed E-state index contributed by atoms with van der Waals surface area (Å²) in [5, 5.41) is 0. The van der Waals surface area contributed by atoms with Crippen molar-refractivity contribution in [3.63, 3.8) is 0 Å². The average Bonchev–Trinajstić information content (AvgIpc) is 1.97. The van der Waals surface area contributed by atoms with E-state index in [9.17, 15) is 21.6 Å². The summed E-state index contributed by atoms with van der Waals surface area (Å²) in [6.07, 6.45) is -5.15. The van der Waals surface area contributed by atoms with E-state index in [0.29, 0.717) is 6.42 Å². The maximum Gasteiger partial charge on any atom is 0.390 e. The molecule has 7 heteroatoms. The van der Waals surface area contributed by atoms with Crippen LogP contribution in [0.2, 0.25) is 0 Å². The van der Waals surface area contributed by atoms with E-state index in [1.807, 2.05) is 0 Å². The molecule has 0 unspecified atom stereocenters. The van der Waals surface area contributed by atoms with Crippen LogP contribution in [0, 0.1) is 0 Å². The summed E-state index contributed by atoms with van der Waals surface area (Å²) in [6, 6.07) is 0. The van der Waals surface area contributed by atoms with Crippen LogP contribution in [0.4, 0.5) is 13.2 Å². The summed E-state index contributed by atoms with van der Waals surface area (Å²) in [4.78, 5) is 0. The van der Waals surface area contributed by atoms with E-state index in [0.717, 1.165) is 0 Å². The molecule has 0 aromatic heterocycles. The minimum atomic E-state index is -4.42. The number of rotatable bonds is 5. The van der Waals surface area contributed by atoms with E-state index in [-0.39, 0.29) is 6.54 Å². The normalized spacial score (nSPS) is 13.2. The highest BCUT2D eigenvalue weighted by Crippen LogP contribution is 2.19. The molecule has 0 spiro atoms. The Kier molecular flexibility index (Phi) is 4.69. The Morgan fingerprint density at radius 3 is 2.23 bits per heavy atom. The van der Waals surface area contributed by atoms with Crippen LogP contribution in [-0.4, -0.2) is 26.9 Å². The van der Waals surface area contributed by atoms with E-state index < -0.39 is 28.4 Å². The highest BCUT2D eigenvalue weighted by molar-refractivity contribution is 7.89. The van der Waals surface area contributed by atoms with Crippen LogP contribution < -0.4 is 4.72 Å². The molecule has 0 saturated carbocycles. The van der Waals surface area contributed by atoms with Gasteiger partial charge in [0, 0.05) is 6.54 Å². The molecule has 0 heterocycles. The fourth-order valence-electron chi connectivity index (χ4n) is 0.580. The van der Waals surface area contributed by atoms with Gasteiger partial charge in [-0.3, -0.25) is 0 Å². The Morgan fingerprint density at radius 1 is 1.31 bits per heavy atom. The first kappa shape index (κ1) is 12.7. The van der Waals surface area contributed by atoms with Gasteiger partial charge in [0.1, 0.15) is 0 Å². The molecule has 0 aromatic rings. The van der Waals surface area contributed by atoms with Crippen LogP contribution in [-0.2, 0) is 10.0 Å². The zero-order valence-corrected chi connectivity index (χ0v) is 8.00. The van der Waals surface area contributed by atoms with Crippen molar-refractivity contribution in [3.8, 4) is 0 Å². The van der Waals surface area contributed by atoms with Crippen molar-refractivity contribution in [1.29, 1.82) is 0 Å². The first-order chi connectivity index (χ1) is 5.77. The summed E-state index contributed by atoms with van der Waals surface area (Å²) in [5.41, 5.74) is 0. The van der Waals surface area contributed by atoms with Gasteiger partial charge in [0.15, 0.2) is 0 Å². The van der Waals surface area contributed by atoms with Gasteiger partial charge in [-0.2, -0.15) is 13.2 Å². The molecule has 80 valence electrons. The van der Waals surface area contributed by atoms with Gasteiger partial charge in [-0.25, -0.2) is 13.1 Å². The summed E-state index contributed by atoms with van der Waals surface area (Å²) in [7, 11) is -3.75. The standard InChI is InChI=1S/C6H12F3NO2S/c1-2-4-10-13(11,12)5-3-6(7,8)9/h10H,2-5H2,1H3. The van der Waals surface area contributed by atoms with Gasteiger partial charge in [-0.1, -0.05) is 6.92 Å². The highest BCUT2D eigenvalue weighted by atomic mass is 32.2. The Labute approximate surface area is 75.4 Å². The minimum Gasteiger partial charge on any atom is -0.215 e. The minimum absolute atomic E-state index is 0.181. The molecule has 0 radical (unpaired) electrons. The first-order valence-corrected chi connectivity index (χ1v) is 5.46. The largest absolute Gasteiger partial charge is 0.390 e. The van der Waals surface area contributed by atoms with Crippen molar-refractivity contribution in [1.82, 2.24) is 4.72 Å².